The first-order chi connectivity index (χ1) is 15.0. The second-order valence-corrected chi connectivity index (χ2v) is 8.55. The molecule has 0 aliphatic carbocycles. The number of amides is 1. The maximum absolute atomic E-state index is 13.0. The predicted molar refractivity (Wildman–Crippen MR) is 120 cm³/mol. The van der Waals surface area contributed by atoms with Gasteiger partial charge in [0.1, 0.15) is 18.5 Å². The summed E-state index contributed by atoms with van der Waals surface area (Å²) in [6, 6.07) is 15.0. The van der Waals surface area contributed by atoms with Gasteiger partial charge in [0.15, 0.2) is 5.78 Å². The van der Waals surface area contributed by atoms with E-state index >= 15 is 0 Å². The molecule has 6 nitrogen and oxygen atoms in total. The number of nitrogens with zero attached hydrogens (tertiary/aromatic N) is 2. The van der Waals surface area contributed by atoms with E-state index in [1.165, 1.54) is 11.3 Å². The highest BCUT2D eigenvalue weighted by molar-refractivity contribution is 7.17. The molecule has 1 aliphatic rings. The van der Waals surface area contributed by atoms with Gasteiger partial charge >= 0.3 is 0 Å². The van der Waals surface area contributed by atoms with E-state index in [0.717, 1.165) is 16.1 Å². The molecule has 1 unspecified atom stereocenters. The van der Waals surface area contributed by atoms with Crippen molar-refractivity contribution >= 4 is 23.0 Å². The molecule has 1 fully saturated rings. The number of aryl methyl sites for hydroxylation is 1. The normalized spacial score (nSPS) is 16.2. The average Bonchev–Trinajstić information content (AvgIpc) is 3.28. The van der Waals surface area contributed by atoms with Crippen LogP contribution in [0.15, 0.2) is 54.7 Å². The highest BCUT2D eigenvalue weighted by atomic mass is 32.1. The maximum Gasteiger partial charge on any atom is 0.264 e. The Morgan fingerprint density at radius 3 is 2.84 bits per heavy atom. The van der Waals surface area contributed by atoms with Crippen LogP contribution in [-0.4, -0.2) is 54.0 Å². The number of ketones is 1. The van der Waals surface area contributed by atoms with Gasteiger partial charge in [0.2, 0.25) is 0 Å². The second-order valence-electron chi connectivity index (χ2n) is 7.47. The van der Waals surface area contributed by atoms with Gasteiger partial charge in [-0.15, -0.1) is 11.3 Å². The first-order valence-electron chi connectivity index (χ1n) is 10.2. The van der Waals surface area contributed by atoms with Gasteiger partial charge in [0.25, 0.3) is 5.91 Å². The topological polar surface area (TPSA) is 68.7 Å². The Bertz CT molecular complexity index is 1080. The lowest BCUT2D eigenvalue weighted by atomic mass is 10.1. The van der Waals surface area contributed by atoms with Gasteiger partial charge in [-0.3, -0.25) is 14.6 Å². The molecule has 7 heteroatoms. The average molecular weight is 437 g/mol. The fourth-order valence-electron chi connectivity index (χ4n) is 3.57. The number of aromatic nitrogens is 1. The van der Waals surface area contributed by atoms with Gasteiger partial charge in [-0.25, -0.2) is 0 Å². The number of pyridine rings is 1. The zero-order valence-corrected chi connectivity index (χ0v) is 18.4. The van der Waals surface area contributed by atoms with Crippen LogP contribution in [0.25, 0.3) is 10.6 Å². The molecule has 1 saturated heterocycles. The molecule has 3 heterocycles. The number of ether oxygens (including phenoxy) is 2. The van der Waals surface area contributed by atoms with Crippen LogP contribution in [-0.2, 0) is 4.74 Å². The summed E-state index contributed by atoms with van der Waals surface area (Å²) in [5.41, 5.74) is 2.44. The summed E-state index contributed by atoms with van der Waals surface area (Å²) < 4.78 is 11.7. The summed E-state index contributed by atoms with van der Waals surface area (Å²) >= 11 is 1.45. The SMILES string of the molecule is CC(=O)c1ccc(OCC2CN(C(=O)c3ccc(-c4ccccn4)s3)CCO2)cc1C. The predicted octanol–water partition coefficient (Wildman–Crippen LogP) is 4.24. The fourth-order valence-corrected chi connectivity index (χ4v) is 4.52. The molecule has 4 rings (SSSR count). The Balaban J connectivity index is 1.36. The maximum atomic E-state index is 13.0. The van der Waals surface area contributed by atoms with Crippen molar-refractivity contribution in [2.45, 2.75) is 20.0 Å². The lowest BCUT2D eigenvalue weighted by molar-refractivity contribution is -0.0400. The largest absolute Gasteiger partial charge is 0.491 e. The van der Waals surface area contributed by atoms with Crippen molar-refractivity contribution in [2.75, 3.05) is 26.3 Å². The molecule has 1 atom stereocenters. The van der Waals surface area contributed by atoms with Gasteiger partial charge in [-0.2, -0.15) is 0 Å². The minimum absolute atomic E-state index is 0.00198. The number of rotatable bonds is 6. The van der Waals surface area contributed by atoms with E-state index in [0.29, 0.717) is 42.5 Å². The van der Waals surface area contributed by atoms with Gasteiger partial charge in [-0.1, -0.05) is 6.07 Å². The van der Waals surface area contributed by atoms with Crippen LogP contribution in [0.3, 0.4) is 0 Å². The third kappa shape index (κ3) is 5.00. The standard InChI is InChI=1S/C24H24N2O4S/c1-16-13-18(6-7-20(16)17(2)27)30-15-19-14-26(11-12-29-19)24(28)23-9-8-22(31-23)21-5-3-4-10-25-21/h3-10,13,19H,11-12,14-15H2,1-2H3. The molecule has 3 aromatic rings. The molecule has 1 amide bonds. The molecular weight excluding hydrogens is 412 g/mol. The van der Waals surface area contributed by atoms with Crippen LogP contribution >= 0.6 is 11.3 Å². The first kappa shape index (κ1) is 21.2. The Labute approximate surface area is 185 Å². The van der Waals surface area contributed by atoms with Gasteiger partial charge in [-0.05, 0) is 61.9 Å². The van der Waals surface area contributed by atoms with Crippen LogP contribution in [0.5, 0.6) is 5.75 Å². The second kappa shape index (κ2) is 9.41. The van der Waals surface area contributed by atoms with Crippen LogP contribution in [0.4, 0.5) is 0 Å². The van der Waals surface area contributed by atoms with E-state index in [2.05, 4.69) is 4.98 Å². The van der Waals surface area contributed by atoms with Crippen molar-refractivity contribution in [1.29, 1.82) is 0 Å². The number of hydrogen-bond donors (Lipinski definition) is 0. The van der Waals surface area contributed by atoms with E-state index in [1.807, 2.05) is 48.2 Å². The highest BCUT2D eigenvalue weighted by Gasteiger charge is 2.26. The molecular formula is C24H24N2O4S. The minimum Gasteiger partial charge on any atom is -0.491 e. The number of thiophene rings is 1. The van der Waals surface area contributed by atoms with Crippen LogP contribution < -0.4 is 4.74 Å². The van der Waals surface area contributed by atoms with Crippen molar-refractivity contribution in [3.8, 4) is 16.3 Å². The molecule has 0 radical (unpaired) electrons. The molecule has 0 N–H and O–H groups in total. The monoisotopic (exact) mass is 436 g/mol. The number of benzene rings is 1. The zero-order valence-electron chi connectivity index (χ0n) is 17.5. The Morgan fingerprint density at radius 1 is 1.23 bits per heavy atom. The molecule has 1 aliphatic heterocycles. The van der Waals surface area contributed by atoms with Crippen molar-refractivity contribution in [2.24, 2.45) is 0 Å². The van der Waals surface area contributed by atoms with Gasteiger partial charge in [0.05, 0.1) is 28.6 Å². The van der Waals surface area contributed by atoms with Crippen LogP contribution in [0.1, 0.15) is 32.5 Å². The lowest BCUT2D eigenvalue weighted by Gasteiger charge is -2.32. The first-order valence-corrected chi connectivity index (χ1v) is 11.0. The van der Waals surface area contributed by atoms with Crippen molar-refractivity contribution < 1.29 is 19.1 Å². The minimum atomic E-state index is -0.208. The number of carbonyl (C=O) groups is 2. The molecule has 1 aromatic carbocycles. The van der Waals surface area contributed by atoms with Gasteiger partial charge < -0.3 is 14.4 Å². The summed E-state index contributed by atoms with van der Waals surface area (Å²) in [7, 11) is 0. The lowest BCUT2D eigenvalue weighted by Crippen LogP contribution is -2.47. The summed E-state index contributed by atoms with van der Waals surface area (Å²) in [5, 5.41) is 0. The Hall–Kier alpha value is -3.03. The molecule has 2 aromatic heterocycles. The van der Waals surface area contributed by atoms with E-state index in [1.54, 1.807) is 25.3 Å². The van der Waals surface area contributed by atoms with Crippen molar-refractivity contribution in [3.05, 3.63) is 70.7 Å². The number of morpholine rings is 1. The van der Waals surface area contributed by atoms with Crippen LogP contribution in [0, 0.1) is 6.92 Å². The molecule has 0 spiro atoms. The number of hydrogen-bond acceptors (Lipinski definition) is 6. The summed E-state index contributed by atoms with van der Waals surface area (Å²) in [4.78, 5) is 32.4. The molecule has 0 saturated carbocycles. The summed E-state index contributed by atoms with van der Waals surface area (Å²) in [5.74, 6) is 0.726. The summed E-state index contributed by atoms with van der Waals surface area (Å²) in [6.45, 7) is 5.28. The molecule has 0 bridgehead atoms. The Morgan fingerprint density at radius 2 is 2.10 bits per heavy atom. The Kier molecular flexibility index (Phi) is 6.44. The van der Waals surface area contributed by atoms with E-state index < -0.39 is 0 Å². The van der Waals surface area contributed by atoms with Crippen LogP contribution in [0.2, 0.25) is 0 Å². The zero-order chi connectivity index (χ0) is 21.8. The highest BCUT2D eigenvalue weighted by Crippen LogP contribution is 2.27. The molecule has 31 heavy (non-hydrogen) atoms. The number of Topliss-reactive ketones (excluding diaryl/α,β-unsaturated/α-hetero) is 1. The fraction of sp³-hybridized carbons (Fsp3) is 0.292. The van der Waals surface area contributed by atoms with Gasteiger partial charge in [0, 0.05) is 18.3 Å². The third-order valence-corrected chi connectivity index (χ3v) is 6.27. The smallest absolute Gasteiger partial charge is 0.264 e. The number of carbonyl (C=O) groups excluding carboxylic acids is 2. The quantitative estimate of drug-likeness (QED) is 0.541. The van der Waals surface area contributed by atoms with E-state index in [-0.39, 0.29) is 17.8 Å². The van der Waals surface area contributed by atoms with Crippen molar-refractivity contribution in [1.82, 2.24) is 9.88 Å². The van der Waals surface area contributed by atoms with E-state index in [9.17, 15) is 9.59 Å². The third-order valence-electron chi connectivity index (χ3n) is 5.17. The van der Waals surface area contributed by atoms with Crippen molar-refractivity contribution in [3.63, 3.8) is 0 Å². The van der Waals surface area contributed by atoms with E-state index in [4.69, 9.17) is 9.47 Å². The summed E-state index contributed by atoms with van der Waals surface area (Å²) in [6.07, 6.45) is 1.54. The molecule has 160 valence electrons.